The summed E-state index contributed by atoms with van der Waals surface area (Å²) in [7, 11) is 1.94. The Balaban J connectivity index is 1.86. The Hall–Kier alpha value is -0.970. The fourth-order valence-electron chi connectivity index (χ4n) is 2.70. The van der Waals surface area contributed by atoms with E-state index in [4.69, 9.17) is 0 Å². The van der Waals surface area contributed by atoms with Crippen molar-refractivity contribution in [1.29, 1.82) is 0 Å². The van der Waals surface area contributed by atoms with Gasteiger partial charge in [-0.3, -0.25) is 9.89 Å². The molecule has 106 valence electrons. The Morgan fingerprint density at radius 3 is 3.00 bits per heavy atom. The highest BCUT2D eigenvalue weighted by molar-refractivity contribution is 7.99. The maximum absolute atomic E-state index is 12.2. The minimum atomic E-state index is 0.179. The van der Waals surface area contributed by atoms with Crippen molar-refractivity contribution in [3.05, 3.63) is 17.5 Å². The van der Waals surface area contributed by atoms with Gasteiger partial charge in [-0.2, -0.15) is 16.9 Å². The lowest BCUT2D eigenvalue weighted by molar-refractivity contribution is -0.131. The quantitative estimate of drug-likeness (QED) is 0.901. The number of hydrogen-bond acceptors (Lipinski definition) is 3. The topological polar surface area (TPSA) is 49.0 Å². The zero-order valence-corrected chi connectivity index (χ0v) is 12.8. The Bertz CT molecular complexity index is 432. The number of carbonyl (C=O) groups is 1. The fraction of sp³-hybridized carbons (Fsp3) is 0.714. The molecule has 1 fully saturated rings. The maximum atomic E-state index is 12.2. The first kappa shape index (κ1) is 14.4. The van der Waals surface area contributed by atoms with Crippen molar-refractivity contribution in [2.45, 2.75) is 50.8 Å². The average Bonchev–Trinajstić information content (AvgIpc) is 2.98. The van der Waals surface area contributed by atoms with Gasteiger partial charge < -0.3 is 4.90 Å². The molecule has 4 nitrogen and oxygen atoms in total. The van der Waals surface area contributed by atoms with Crippen LogP contribution in [0.1, 0.15) is 37.6 Å². The van der Waals surface area contributed by atoms with E-state index in [1.165, 1.54) is 12.2 Å². The van der Waals surface area contributed by atoms with E-state index in [1.54, 1.807) is 0 Å². The molecule has 1 aliphatic rings. The second-order valence-corrected chi connectivity index (χ2v) is 6.85. The Morgan fingerprint density at radius 1 is 1.58 bits per heavy atom. The number of rotatable bonds is 5. The van der Waals surface area contributed by atoms with Crippen molar-refractivity contribution < 1.29 is 4.79 Å². The molecule has 2 atom stereocenters. The number of nitrogens with zero attached hydrogens (tertiary/aromatic N) is 2. The minimum absolute atomic E-state index is 0.179. The lowest BCUT2D eigenvalue weighted by Gasteiger charge is -2.24. The lowest BCUT2D eigenvalue weighted by Crippen LogP contribution is -2.36. The number of nitrogens with one attached hydrogen (secondary N) is 1. The van der Waals surface area contributed by atoms with Gasteiger partial charge in [0.1, 0.15) is 0 Å². The summed E-state index contributed by atoms with van der Waals surface area (Å²) in [4.78, 5) is 14.2. The molecular formula is C14H23N3OS. The van der Waals surface area contributed by atoms with Crippen molar-refractivity contribution in [3.63, 3.8) is 0 Å². The van der Waals surface area contributed by atoms with Crippen molar-refractivity contribution in [1.82, 2.24) is 15.1 Å². The summed E-state index contributed by atoms with van der Waals surface area (Å²) in [5.41, 5.74) is 1.84. The second-order valence-electron chi connectivity index (χ2n) is 5.27. The summed E-state index contributed by atoms with van der Waals surface area (Å²) in [6, 6.07) is 2.35. The summed E-state index contributed by atoms with van der Waals surface area (Å²) in [6.07, 6.45) is 3.92. The molecule has 1 N–H and O–H groups in total. The van der Waals surface area contributed by atoms with Crippen LogP contribution in [0.2, 0.25) is 0 Å². The van der Waals surface area contributed by atoms with Crippen LogP contribution in [0.3, 0.4) is 0 Å². The van der Waals surface area contributed by atoms with Crippen LogP contribution in [-0.4, -0.2) is 45.1 Å². The summed E-state index contributed by atoms with van der Waals surface area (Å²) >= 11 is 2.02. The molecule has 0 aromatic carbocycles. The number of thioether (sulfide) groups is 1. The first-order chi connectivity index (χ1) is 9.10. The molecule has 1 amide bonds. The summed E-state index contributed by atoms with van der Waals surface area (Å²) in [5.74, 6) is 1.35. The van der Waals surface area contributed by atoms with Gasteiger partial charge in [-0.15, -0.1) is 0 Å². The number of hydrogen-bond donors (Lipinski definition) is 1. The second kappa shape index (κ2) is 6.46. The number of H-pyrrole nitrogens is 1. The molecule has 1 heterocycles. The first-order valence-corrected chi connectivity index (χ1v) is 8.03. The van der Waals surface area contributed by atoms with Crippen molar-refractivity contribution in [2.24, 2.45) is 0 Å². The van der Waals surface area contributed by atoms with Crippen LogP contribution in [0.25, 0.3) is 0 Å². The van der Waals surface area contributed by atoms with E-state index in [0.29, 0.717) is 12.5 Å². The van der Waals surface area contributed by atoms with Gasteiger partial charge in [0, 0.05) is 24.0 Å². The van der Waals surface area contributed by atoms with Gasteiger partial charge in [-0.1, -0.05) is 6.92 Å². The summed E-state index contributed by atoms with van der Waals surface area (Å²) in [5, 5.41) is 7.75. The molecule has 0 saturated heterocycles. The van der Waals surface area contributed by atoms with Crippen LogP contribution in [-0.2, 0) is 11.2 Å². The molecule has 2 rings (SSSR count). The summed E-state index contributed by atoms with van der Waals surface area (Å²) < 4.78 is 0. The zero-order valence-electron chi connectivity index (χ0n) is 12.0. The van der Waals surface area contributed by atoms with Crippen molar-refractivity contribution in [3.8, 4) is 0 Å². The largest absolute Gasteiger partial charge is 0.342 e. The number of aromatic amines is 1. The maximum Gasteiger partial charge on any atom is 0.228 e. The van der Waals surface area contributed by atoms with E-state index < -0.39 is 0 Å². The molecule has 1 aliphatic carbocycles. The Morgan fingerprint density at radius 2 is 2.37 bits per heavy atom. The van der Waals surface area contributed by atoms with Crippen LogP contribution in [0.4, 0.5) is 0 Å². The number of carbonyl (C=O) groups excluding carboxylic acids is 1. The van der Waals surface area contributed by atoms with Crippen LogP contribution in [0.15, 0.2) is 6.07 Å². The molecule has 0 aliphatic heterocycles. The Kier molecular flexibility index (Phi) is 4.91. The molecule has 0 bridgehead atoms. The normalized spacial score (nSPS) is 22.7. The molecule has 0 unspecified atom stereocenters. The average molecular weight is 281 g/mol. The number of likely N-dealkylation sites (N-methyl/N-ethyl adjacent to an activating group) is 1. The summed E-state index contributed by atoms with van der Waals surface area (Å²) in [6.45, 7) is 4.15. The van der Waals surface area contributed by atoms with E-state index in [-0.39, 0.29) is 5.91 Å². The highest BCUT2D eigenvalue weighted by atomic mass is 32.2. The SMILES string of the molecule is CCS[C@H]1CC[C@H](N(C)C(=O)Cc2cc(C)[nH]n2)C1. The van der Waals surface area contributed by atoms with Crippen molar-refractivity contribution in [2.75, 3.05) is 12.8 Å². The standard InChI is InChI=1S/C14H23N3OS/c1-4-19-13-6-5-12(9-13)17(3)14(18)8-11-7-10(2)15-16-11/h7,12-13H,4-6,8-9H2,1-3H3,(H,15,16)/t12-,13-/m0/s1. The van der Waals surface area contributed by atoms with Gasteiger partial charge in [-0.05, 0) is 38.0 Å². The predicted octanol–water partition coefficient (Wildman–Crippen LogP) is 2.39. The van der Waals surface area contributed by atoms with Crippen LogP contribution in [0, 0.1) is 6.92 Å². The third-order valence-electron chi connectivity index (χ3n) is 3.79. The smallest absolute Gasteiger partial charge is 0.228 e. The zero-order chi connectivity index (χ0) is 13.8. The highest BCUT2D eigenvalue weighted by Crippen LogP contribution is 2.32. The minimum Gasteiger partial charge on any atom is -0.342 e. The van der Waals surface area contributed by atoms with Crippen LogP contribution >= 0.6 is 11.8 Å². The number of amides is 1. The van der Waals surface area contributed by atoms with E-state index in [1.807, 2.05) is 36.7 Å². The lowest BCUT2D eigenvalue weighted by atomic mass is 10.2. The van der Waals surface area contributed by atoms with E-state index in [2.05, 4.69) is 17.1 Å². The molecule has 19 heavy (non-hydrogen) atoms. The molecule has 1 aromatic rings. The fourth-order valence-corrected chi connectivity index (χ4v) is 3.84. The Labute approximate surface area is 119 Å². The van der Waals surface area contributed by atoms with Crippen LogP contribution in [0.5, 0.6) is 0 Å². The first-order valence-electron chi connectivity index (χ1n) is 6.98. The molecule has 0 radical (unpaired) electrons. The van der Waals surface area contributed by atoms with E-state index in [9.17, 15) is 4.79 Å². The molecular weight excluding hydrogens is 258 g/mol. The van der Waals surface area contributed by atoms with Gasteiger partial charge in [0.05, 0.1) is 12.1 Å². The molecule has 1 saturated carbocycles. The van der Waals surface area contributed by atoms with Gasteiger partial charge in [0.2, 0.25) is 5.91 Å². The van der Waals surface area contributed by atoms with Gasteiger partial charge in [-0.25, -0.2) is 0 Å². The third-order valence-corrected chi connectivity index (χ3v) is 5.02. The highest BCUT2D eigenvalue weighted by Gasteiger charge is 2.29. The van der Waals surface area contributed by atoms with Gasteiger partial charge in [0.15, 0.2) is 0 Å². The van der Waals surface area contributed by atoms with Gasteiger partial charge in [0.25, 0.3) is 0 Å². The predicted molar refractivity (Wildman–Crippen MR) is 79.4 cm³/mol. The molecule has 1 aromatic heterocycles. The number of aromatic nitrogens is 2. The van der Waals surface area contributed by atoms with Crippen molar-refractivity contribution >= 4 is 17.7 Å². The monoisotopic (exact) mass is 281 g/mol. The van der Waals surface area contributed by atoms with Gasteiger partial charge >= 0.3 is 0 Å². The van der Waals surface area contributed by atoms with E-state index in [0.717, 1.165) is 29.5 Å². The number of aryl methyl sites for hydroxylation is 1. The molecule has 5 heteroatoms. The molecule has 0 spiro atoms. The third kappa shape index (κ3) is 3.75. The van der Waals surface area contributed by atoms with Crippen LogP contribution < -0.4 is 0 Å². The van der Waals surface area contributed by atoms with E-state index >= 15 is 0 Å².